The maximum Gasteiger partial charge on any atom is 0.295 e. The van der Waals surface area contributed by atoms with Crippen LogP contribution in [0, 0.1) is 6.92 Å². The first-order valence-electron chi connectivity index (χ1n) is 10.3. The fraction of sp³-hybridized carbons (Fsp3) is 0.292. The van der Waals surface area contributed by atoms with Gasteiger partial charge >= 0.3 is 0 Å². The van der Waals surface area contributed by atoms with Crippen LogP contribution in [0.15, 0.2) is 60.3 Å². The maximum atomic E-state index is 13.1. The van der Waals surface area contributed by atoms with Crippen LogP contribution in [-0.2, 0) is 9.59 Å². The molecule has 0 spiro atoms. The Morgan fingerprint density at radius 3 is 2.52 bits per heavy atom. The molecule has 1 saturated heterocycles. The van der Waals surface area contributed by atoms with Crippen LogP contribution in [0.4, 0.5) is 0 Å². The first kappa shape index (κ1) is 20.8. The summed E-state index contributed by atoms with van der Waals surface area (Å²) in [5, 5.41) is 11.4. The zero-order valence-electron chi connectivity index (χ0n) is 17.9. The summed E-state index contributed by atoms with van der Waals surface area (Å²) in [5.74, 6) is -1.44. The average molecular weight is 418 g/mol. The van der Waals surface area contributed by atoms with Crippen LogP contribution in [0.25, 0.3) is 11.4 Å². The summed E-state index contributed by atoms with van der Waals surface area (Å²) in [6.07, 6.45) is 2.51. The second-order valence-corrected chi connectivity index (χ2v) is 8.03. The van der Waals surface area contributed by atoms with Gasteiger partial charge in [0, 0.05) is 12.7 Å². The summed E-state index contributed by atoms with van der Waals surface area (Å²) in [6.45, 7) is 2.99. The second kappa shape index (κ2) is 8.35. The number of carbonyl (C=O) groups excluding carboxylic acids is 2. The van der Waals surface area contributed by atoms with Gasteiger partial charge in [0.2, 0.25) is 0 Å². The number of pyridine rings is 1. The number of fused-ring (bicyclic) bond motifs is 1. The third kappa shape index (κ3) is 3.72. The highest BCUT2D eigenvalue weighted by Crippen LogP contribution is 2.39. The molecule has 3 heterocycles. The van der Waals surface area contributed by atoms with Gasteiger partial charge in [-0.2, -0.15) is 0 Å². The number of benzene rings is 1. The fourth-order valence-corrected chi connectivity index (χ4v) is 4.18. The molecule has 1 N–H and O–H groups in total. The zero-order chi connectivity index (χ0) is 22.1. The minimum Gasteiger partial charge on any atom is -0.505 e. The van der Waals surface area contributed by atoms with Crippen LogP contribution in [0.5, 0.6) is 0 Å². The van der Waals surface area contributed by atoms with Gasteiger partial charge in [0.1, 0.15) is 11.3 Å². The van der Waals surface area contributed by atoms with Crippen molar-refractivity contribution in [3.05, 3.63) is 77.3 Å². The highest BCUT2D eigenvalue weighted by molar-refractivity contribution is 6.46. The number of aliphatic hydroxyl groups is 1. The molecule has 1 unspecified atom stereocenters. The number of likely N-dealkylation sites (tertiary alicyclic amines) is 1. The Bertz CT molecular complexity index is 1160. The number of aliphatic hydroxyl groups excluding tert-OH is 1. The Hall–Kier alpha value is -3.45. The Morgan fingerprint density at radius 2 is 1.81 bits per heavy atom. The van der Waals surface area contributed by atoms with Crippen LogP contribution in [0.2, 0.25) is 0 Å². The SMILES string of the molecule is Cc1nc2ccccn2c1/C(O)=C1\C(=O)C(=O)N(CCCN(C)C)C1c1ccccc1. The van der Waals surface area contributed by atoms with Crippen molar-refractivity contribution in [3.63, 3.8) is 0 Å². The van der Waals surface area contributed by atoms with E-state index in [1.165, 1.54) is 0 Å². The minimum absolute atomic E-state index is 0.106. The van der Waals surface area contributed by atoms with Gasteiger partial charge < -0.3 is 14.9 Å². The molecule has 1 fully saturated rings. The largest absolute Gasteiger partial charge is 0.505 e. The van der Waals surface area contributed by atoms with E-state index < -0.39 is 17.7 Å². The van der Waals surface area contributed by atoms with Crippen molar-refractivity contribution in [3.8, 4) is 0 Å². The van der Waals surface area contributed by atoms with E-state index in [9.17, 15) is 14.7 Å². The lowest BCUT2D eigenvalue weighted by atomic mass is 9.96. The molecule has 2 aromatic heterocycles. The van der Waals surface area contributed by atoms with E-state index in [0.29, 0.717) is 23.6 Å². The maximum absolute atomic E-state index is 13.1. The van der Waals surface area contributed by atoms with Crippen molar-refractivity contribution < 1.29 is 14.7 Å². The van der Waals surface area contributed by atoms with Gasteiger partial charge in [0.15, 0.2) is 5.76 Å². The first-order valence-corrected chi connectivity index (χ1v) is 10.3. The predicted octanol–water partition coefficient (Wildman–Crippen LogP) is 3.02. The van der Waals surface area contributed by atoms with Crippen molar-refractivity contribution in [1.82, 2.24) is 19.2 Å². The molecule has 7 nitrogen and oxygen atoms in total. The lowest BCUT2D eigenvalue weighted by Gasteiger charge is -2.26. The molecule has 0 saturated carbocycles. The number of ketones is 1. The Morgan fingerprint density at radius 1 is 1.10 bits per heavy atom. The molecular formula is C24H26N4O3. The van der Waals surface area contributed by atoms with Gasteiger partial charge in [0.05, 0.1) is 17.3 Å². The van der Waals surface area contributed by atoms with Gasteiger partial charge in [-0.1, -0.05) is 36.4 Å². The Kier molecular flexibility index (Phi) is 5.61. The number of hydrogen-bond acceptors (Lipinski definition) is 5. The smallest absolute Gasteiger partial charge is 0.295 e. The van der Waals surface area contributed by atoms with Gasteiger partial charge in [-0.15, -0.1) is 0 Å². The van der Waals surface area contributed by atoms with Crippen molar-refractivity contribution in [2.75, 3.05) is 27.2 Å². The molecule has 1 atom stereocenters. The molecule has 3 aromatic rings. The number of carbonyl (C=O) groups is 2. The summed E-state index contributed by atoms with van der Waals surface area (Å²) in [7, 11) is 3.94. The third-order valence-corrected chi connectivity index (χ3v) is 5.59. The normalized spacial score (nSPS) is 18.5. The molecular weight excluding hydrogens is 392 g/mol. The number of aromatic nitrogens is 2. The van der Waals surface area contributed by atoms with Crippen LogP contribution in [-0.4, -0.2) is 63.2 Å². The number of hydrogen-bond donors (Lipinski definition) is 1. The molecule has 0 bridgehead atoms. The van der Waals surface area contributed by atoms with Crippen molar-refractivity contribution in [2.45, 2.75) is 19.4 Å². The monoisotopic (exact) mass is 418 g/mol. The summed E-state index contributed by atoms with van der Waals surface area (Å²) in [6, 6.07) is 14.3. The number of Topliss-reactive ketones (excluding diaryl/α,β-unsaturated/α-hetero) is 1. The molecule has 31 heavy (non-hydrogen) atoms. The number of aryl methyl sites for hydroxylation is 1. The van der Waals surface area contributed by atoms with Gasteiger partial charge in [0.25, 0.3) is 11.7 Å². The van der Waals surface area contributed by atoms with Gasteiger partial charge in [-0.25, -0.2) is 4.98 Å². The fourth-order valence-electron chi connectivity index (χ4n) is 4.18. The third-order valence-electron chi connectivity index (χ3n) is 5.59. The summed E-state index contributed by atoms with van der Waals surface area (Å²) in [5.41, 5.74) is 2.59. The van der Waals surface area contributed by atoms with Crippen LogP contribution < -0.4 is 0 Å². The van der Waals surface area contributed by atoms with Crippen molar-refractivity contribution in [1.29, 1.82) is 0 Å². The number of amides is 1. The first-order chi connectivity index (χ1) is 14.9. The van der Waals surface area contributed by atoms with Gasteiger partial charge in [-0.05, 0) is 51.7 Å². The highest BCUT2D eigenvalue weighted by Gasteiger charge is 2.46. The van der Waals surface area contributed by atoms with E-state index in [0.717, 1.165) is 18.5 Å². The van der Waals surface area contributed by atoms with Crippen LogP contribution >= 0.6 is 0 Å². The predicted molar refractivity (Wildman–Crippen MR) is 119 cm³/mol. The van der Waals surface area contributed by atoms with E-state index in [1.54, 1.807) is 22.4 Å². The van der Waals surface area contributed by atoms with E-state index in [2.05, 4.69) is 4.98 Å². The standard InChI is InChI=1S/C24H26N4O3/c1-16-20(27-14-8-7-12-18(27)25-16)22(29)19-21(17-10-5-4-6-11-17)28(24(31)23(19)30)15-9-13-26(2)3/h4-8,10-12,14,21,29H,9,13,15H2,1-3H3/b22-19+. The molecule has 0 aliphatic carbocycles. The van der Waals surface area contributed by atoms with Crippen LogP contribution in [0.1, 0.15) is 29.4 Å². The molecule has 1 aliphatic rings. The number of imidazole rings is 1. The minimum atomic E-state index is -0.665. The van der Waals surface area contributed by atoms with Crippen molar-refractivity contribution in [2.24, 2.45) is 0 Å². The second-order valence-electron chi connectivity index (χ2n) is 8.03. The molecule has 7 heteroatoms. The van der Waals surface area contributed by atoms with Crippen LogP contribution in [0.3, 0.4) is 0 Å². The van der Waals surface area contributed by atoms with E-state index in [1.807, 2.05) is 67.5 Å². The Labute approximate surface area is 181 Å². The molecule has 160 valence electrons. The number of rotatable bonds is 6. The molecule has 1 amide bonds. The lowest BCUT2D eigenvalue weighted by Crippen LogP contribution is -2.32. The van der Waals surface area contributed by atoms with Crippen molar-refractivity contribution >= 4 is 23.1 Å². The topological polar surface area (TPSA) is 78.1 Å². The number of nitrogens with zero attached hydrogens (tertiary/aromatic N) is 4. The quantitative estimate of drug-likeness (QED) is 0.378. The Balaban J connectivity index is 1.86. The molecule has 1 aliphatic heterocycles. The van der Waals surface area contributed by atoms with E-state index in [-0.39, 0.29) is 11.3 Å². The summed E-state index contributed by atoms with van der Waals surface area (Å²) in [4.78, 5) is 34.2. The average Bonchev–Trinajstić information content (AvgIpc) is 3.22. The summed E-state index contributed by atoms with van der Waals surface area (Å²) >= 11 is 0. The molecule has 0 radical (unpaired) electrons. The highest BCUT2D eigenvalue weighted by atomic mass is 16.3. The van der Waals surface area contributed by atoms with E-state index >= 15 is 0 Å². The van der Waals surface area contributed by atoms with E-state index in [4.69, 9.17) is 0 Å². The summed E-state index contributed by atoms with van der Waals surface area (Å²) < 4.78 is 1.74. The van der Waals surface area contributed by atoms with Gasteiger partial charge in [-0.3, -0.25) is 14.0 Å². The molecule has 4 rings (SSSR count). The zero-order valence-corrected chi connectivity index (χ0v) is 17.9. The lowest BCUT2D eigenvalue weighted by molar-refractivity contribution is -0.139. The molecule has 1 aromatic carbocycles.